The van der Waals surface area contributed by atoms with Crippen LogP contribution in [0.2, 0.25) is 0 Å². The molecule has 1 aromatic carbocycles. The molecule has 0 bridgehead atoms. The second-order valence-corrected chi connectivity index (χ2v) is 5.96. The Bertz CT molecular complexity index is 782. The molecular weight excluding hydrogens is 312 g/mol. The molecule has 1 aliphatic rings. The molecule has 3 rings (SSSR count). The third-order valence-electron chi connectivity index (χ3n) is 4.18. The van der Waals surface area contributed by atoms with E-state index in [2.05, 4.69) is 10.4 Å². The van der Waals surface area contributed by atoms with Crippen molar-refractivity contribution in [3.63, 3.8) is 0 Å². The molecule has 1 aliphatic heterocycles. The van der Waals surface area contributed by atoms with Crippen LogP contribution in [0.5, 0.6) is 5.75 Å². The van der Waals surface area contributed by atoms with Crippen LogP contribution in [0.3, 0.4) is 0 Å². The smallest absolute Gasteiger partial charge is 0.301 e. The SMILES string of the molecule is COc1ccc([C@H]2c3cnn(C(C)C)c3NC(=O)[C@H]2[N+](=O)[O-])cc1. The van der Waals surface area contributed by atoms with Gasteiger partial charge in [-0.05, 0) is 31.5 Å². The summed E-state index contributed by atoms with van der Waals surface area (Å²) < 4.78 is 6.79. The average molecular weight is 330 g/mol. The highest BCUT2D eigenvalue weighted by Crippen LogP contribution is 2.39. The van der Waals surface area contributed by atoms with E-state index < -0.39 is 22.8 Å². The Kier molecular flexibility index (Phi) is 3.96. The number of carbonyl (C=O) groups is 1. The Balaban J connectivity index is 2.15. The molecule has 126 valence electrons. The molecule has 0 aliphatic carbocycles. The minimum Gasteiger partial charge on any atom is -0.497 e. The zero-order chi connectivity index (χ0) is 17.4. The van der Waals surface area contributed by atoms with Crippen LogP contribution >= 0.6 is 0 Å². The van der Waals surface area contributed by atoms with Crippen LogP contribution in [0, 0.1) is 10.1 Å². The second-order valence-electron chi connectivity index (χ2n) is 5.96. The van der Waals surface area contributed by atoms with E-state index >= 15 is 0 Å². The van der Waals surface area contributed by atoms with Crippen molar-refractivity contribution in [3.05, 3.63) is 51.7 Å². The van der Waals surface area contributed by atoms with E-state index in [0.29, 0.717) is 22.7 Å². The van der Waals surface area contributed by atoms with E-state index in [9.17, 15) is 14.9 Å². The summed E-state index contributed by atoms with van der Waals surface area (Å²) in [5, 5.41) is 18.4. The fraction of sp³-hybridized carbons (Fsp3) is 0.375. The first-order chi connectivity index (χ1) is 11.4. The van der Waals surface area contributed by atoms with Crippen molar-refractivity contribution in [2.45, 2.75) is 31.8 Å². The number of nitro groups is 1. The molecule has 2 heterocycles. The number of rotatable bonds is 4. The summed E-state index contributed by atoms with van der Waals surface area (Å²) in [4.78, 5) is 23.3. The van der Waals surface area contributed by atoms with Crippen LogP contribution in [0.4, 0.5) is 5.82 Å². The molecule has 8 heteroatoms. The van der Waals surface area contributed by atoms with Crippen molar-refractivity contribution in [1.29, 1.82) is 0 Å². The van der Waals surface area contributed by atoms with Crippen LogP contribution in [-0.2, 0) is 4.79 Å². The molecule has 0 fully saturated rings. The van der Waals surface area contributed by atoms with Gasteiger partial charge < -0.3 is 10.1 Å². The third-order valence-corrected chi connectivity index (χ3v) is 4.18. The summed E-state index contributed by atoms with van der Waals surface area (Å²) in [6.45, 7) is 3.86. The molecule has 0 unspecified atom stereocenters. The number of nitrogens with one attached hydrogen (secondary N) is 1. The van der Waals surface area contributed by atoms with Gasteiger partial charge in [0.15, 0.2) is 0 Å². The number of hydrogen-bond donors (Lipinski definition) is 1. The summed E-state index contributed by atoms with van der Waals surface area (Å²) in [5.74, 6) is -0.151. The zero-order valence-electron chi connectivity index (χ0n) is 13.6. The molecule has 2 atom stereocenters. The molecular formula is C16H18N4O4. The first-order valence-corrected chi connectivity index (χ1v) is 7.59. The largest absolute Gasteiger partial charge is 0.497 e. The summed E-state index contributed by atoms with van der Waals surface area (Å²) in [5.41, 5.74) is 1.33. The molecule has 0 spiro atoms. The van der Waals surface area contributed by atoms with Gasteiger partial charge in [-0.15, -0.1) is 0 Å². The first kappa shape index (κ1) is 16.0. The molecule has 2 aromatic rings. The standard InChI is InChI=1S/C16H18N4O4/c1-9(2)19-15-12(8-17-19)13(14(20(22)23)16(21)18-15)10-4-6-11(24-3)7-5-10/h4-9,13-14H,1-3H3,(H,18,21)/t13-,14-/m0/s1. The number of amides is 1. The number of ether oxygens (including phenoxy) is 1. The van der Waals surface area contributed by atoms with Crippen molar-refractivity contribution >= 4 is 11.7 Å². The summed E-state index contributed by atoms with van der Waals surface area (Å²) in [7, 11) is 1.55. The van der Waals surface area contributed by atoms with Crippen LogP contribution in [0.25, 0.3) is 0 Å². The monoisotopic (exact) mass is 330 g/mol. The van der Waals surface area contributed by atoms with Gasteiger partial charge in [0.1, 0.15) is 11.6 Å². The number of fused-ring (bicyclic) bond motifs is 1. The van der Waals surface area contributed by atoms with Crippen molar-refractivity contribution in [3.8, 4) is 5.75 Å². The molecule has 0 saturated carbocycles. The molecule has 0 saturated heterocycles. The molecule has 1 amide bonds. The Morgan fingerprint density at radius 3 is 2.54 bits per heavy atom. The predicted molar refractivity (Wildman–Crippen MR) is 86.9 cm³/mol. The number of methoxy groups -OCH3 is 1. The molecule has 8 nitrogen and oxygen atoms in total. The van der Waals surface area contributed by atoms with Crippen LogP contribution in [0.1, 0.15) is 36.9 Å². The summed E-state index contributed by atoms with van der Waals surface area (Å²) in [6.07, 6.45) is 1.60. The lowest BCUT2D eigenvalue weighted by Gasteiger charge is -2.27. The van der Waals surface area contributed by atoms with Crippen molar-refractivity contribution in [2.24, 2.45) is 0 Å². The number of aromatic nitrogens is 2. The maximum atomic E-state index is 12.4. The summed E-state index contributed by atoms with van der Waals surface area (Å²) >= 11 is 0. The van der Waals surface area contributed by atoms with Gasteiger partial charge in [-0.3, -0.25) is 14.9 Å². The van der Waals surface area contributed by atoms with Crippen LogP contribution in [-0.4, -0.2) is 33.8 Å². The quantitative estimate of drug-likeness (QED) is 0.684. The summed E-state index contributed by atoms with van der Waals surface area (Å²) in [6, 6.07) is 5.58. The van der Waals surface area contributed by atoms with E-state index in [1.165, 1.54) is 0 Å². The fourth-order valence-corrected chi connectivity index (χ4v) is 3.03. The van der Waals surface area contributed by atoms with Crippen LogP contribution < -0.4 is 10.1 Å². The lowest BCUT2D eigenvalue weighted by molar-refractivity contribution is -0.509. The Labute approximate surface area is 138 Å². The maximum Gasteiger partial charge on any atom is 0.301 e. The van der Waals surface area contributed by atoms with E-state index in [-0.39, 0.29) is 6.04 Å². The highest BCUT2D eigenvalue weighted by Gasteiger charge is 2.47. The minimum atomic E-state index is -1.39. The van der Waals surface area contributed by atoms with Gasteiger partial charge in [-0.1, -0.05) is 12.1 Å². The van der Waals surface area contributed by atoms with Gasteiger partial charge in [0.25, 0.3) is 0 Å². The van der Waals surface area contributed by atoms with E-state index in [0.717, 1.165) is 0 Å². The fourth-order valence-electron chi connectivity index (χ4n) is 3.03. The van der Waals surface area contributed by atoms with E-state index in [4.69, 9.17) is 4.74 Å². The number of hydrogen-bond acceptors (Lipinski definition) is 5. The predicted octanol–water partition coefficient (Wildman–Crippen LogP) is 2.20. The first-order valence-electron chi connectivity index (χ1n) is 7.59. The van der Waals surface area contributed by atoms with E-state index in [1.807, 2.05) is 13.8 Å². The number of nitrogens with zero attached hydrogens (tertiary/aromatic N) is 3. The van der Waals surface area contributed by atoms with Crippen molar-refractivity contribution in [1.82, 2.24) is 9.78 Å². The lowest BCUT2D eigenvalue weighted by atomic mass is 9.83. The van der Waals surface area contributed by atoms with E-state index in [1.54, 1.807) is 42.3 Å². The van der Waals surface area contributed by atoms with Crippen molar-refractivity contribution < 1.29 is 14.5 Å². The number of anilines is 1. The van der Waals surface area contributed by atoms with Gasteiger partial charge in [0.05, 0.1) is 19.2 Å². The topological polar surface area (TPSA) is 99.3 Å². The molecule has 0 radical (unpaired) electrons. The Morgan fingerprint density at radius 1 is 1.33 bits per heavy atom. The average Bonchev–Trinajstić information content (AvgIpc) is 2.97. The second kappa shape index (κ2) is 5.95. The van der Waals surface area contributed by atoms with Gasteiger partial charge >= 0.3 is 11.9 Å². The maximum absolute atomic E-state index is 12.4. The normalized spacial score (nSPS) is 19.8. The highest BCUT2D eigenvalue weighted by atomic mass is 16.6. The van der Waals surface area contributed by atoms with Gasteiger partial charge in [-0.2, -0.15) is 5.10 Å². The van der Waals surface area contributed by atoms with Gasteiger partial charge in [0.2, 0.25) is 0 Å². The lowest BCUT2D eigenvalue weighted by Crippen LogP contribution is -2.44. The van der Waals surface area contributed by atoms with Crippen LogP contribution in [0.15, 0.2) is 30.5 Å². The Morgan fingerprint density at radius 2 is 2.00 bits per heavy atom. The molecule has 1 N–H and O–H groups in total. The third kappa shape index (κ3) is 2.49. The highest BCUT2D eigenvalue weighted by molar-refractivity contribution is 5.97. The number of carbonyl (C=O) groups excluding carboxylic acids is 1. The molecule has 1 aromatic heterocycles. The minimum absolute atomic E-state index is 0.0257. The molecule has 24 heavy (non-hydrogen) atoms. The van der Waals surface area contributed by atoms with Gasteiger partial charge in [0, 0.05) is 16.5 Å². The number of benzene rings is 1. The zero-order valence-corrected chi connectivity index (χ0v) is 13.6. The van der Waals surface area contributed by atoms with Crippen molar-refractivity contribution in [2.75, 3.05) is 12.4 Å². The van der Waals surface area contributed by atoms with Gasteiger partial charge in [-0.25, -0.2) is 4.68 Å². The Hall–Kier alpha value is -2.90.